The lowest BCUT2D eigenvalue weighted by Gasteiger charge is -2.60. The topological polar surface area (TPSA) is 163 Å². The molecule has 2 amide bonds. The third-order valence-corrected chi connectivity index (χ3v) is 12.2. The average Bonchev–Trinajstić information content (AvgIpc) is 3.69. The van der Waals surface area contributed by atoms with Crippen LogP contribution in [0.5, 0.6) is 28.7 Å². The van der Waals surface area contributed by atoms with E-state index in [9.17, 15) is 24.8 Å². The molecule has 0 radical (unpaired) electrons. The molecule has 0 saturated carbocycles. The number of rotatable bonds is 13. The Morgan fingerprint density at radius 1 is 1.04 bits per heavy atom. The lowest BCUT2D eigenvalue weighted by molar-refractivity contribution is -0.135. The van der Waals surface area contributed by atoms with Crippen molar-refractivity contribution in [3.8, 4) is 34.8 Å². The van der Waals surface area contributed by atoms with Gasteiger partial charge in [0.15, 0.2) is 23.0 Å². The summed E-state index contributed by atoms with van der Waals surface area (Å²) in [6.07, 6.45) is 4.49. The van der Waals surface area contributed by atoms with Crippen molar-refractivity contribution in [1.29, 1.82) is 5.26 Å². The third kappa shape index (κ3) is 7.37. The molecule has 2 bridgehead atoms. The molecule has 3 aromatic rings. The number of esters is 1. The van der Waals surface area contributed by atoms with Crippen molar-refractivity contribution >= 4 is 17.8 Å². The summed E-state index contributed by atoms with van der Waals surface area (Å²) in [6.45, 7) is 7.47. The number of fused-ring (bicyclic) bond motifs is 9. The van der Waals surface area contributed by atoms with Crippen LogP contribution in [0.1, 0.15) is 97.0 Å². The zero-order valence-electron chi connectivity index (χ0n) is 33.6. The fourth-order valence-electron chi connectivity index (χ4n) is 9.44. The lowest BCUT2D eigenvalue weighted by atomic mass is 9.71. The number of carbonyl (C=O) groups is 3. The number of aromatic hydroxyl groups is 1. The number of phenolic OH excluding ortho intramolecular Hbond substituents is 1. The maximum atomic E-state index is 13.7. The molecule has 4 aliphatic rings. The van der Waals surface area contributed by atoms with Crippen LogP contribution in [-0.2, 0) is 33.6 Å². The van der Waals surface area contributed by atoms with Gasteiger partial charge in [-0.25, -0.2) is 0 Å². The number of phenols is 1. The highest BCUT2D eigenvalue weighted by molar-refractivity contribution is 5.87. The highest BCUT2D eigenvalue weighted by atomic mass is 16.7. The molecule has 13 nitrogen and oxygen atoms in total. The summed E-state index contributed by atoms with van der Waals surface area (Å²) >= 11 is 0. The third-order valence-electron chi connectivity index (χ3n) is 12.2. The number of nitrogens with zero attached hydrogens (tertiary/aromatic N) is 3. The SMILES string of the molecule is CCCCCC(=O)Oc1c(OC)c(C)cc2c1[C@@H]1C3Cc4c(O)c(C)c5c(c4[C@H](CNC(=O)C(C)NC(=O)CCc4ccccc4)N3[C@@H](C#N)[C@H](C2)N1C)OCO5. The molecule has 0 aromatic heterocycles. The van der Waals surface area contributed by atoms with E-state index in [0.717, 1.165) is 35.1 Å². The molecule has 1 fully saturated rings. The van der Waals surface area contributed by atoms with Gasteiger partial charge in [0.05, 0.1) is 25.3 Å². The van der Waals surface area contributed by atoms with Crippen molar-refractivity contribution in [1.82, 2.24) is 20.4 Å². The van der Waals surface area contributed by atoms with Crippen molar-refractivity contribution in [2.24, 2.45) is 0 Å². The number of piperazine rings is 1. The van der Waals surface area contributed by atoms with Gasteiger partial charge in [0.1, 0.15) is 17.8 Å². The minimum atomic E-state index is -0.834. The van der Waals surface area contributed by atoms with Gasteiger partial charge in [-0.3, -0.25) is 24.2 Å². The highest BCUT2D eigenvalue weighted by Crippen LogP contribution is 2.58. The molecule has 4 heterocycles. The Balaban J connectivity index is 1.26. The average molecular weight is 780 g/mol. The smallest absolute Gasteiger partial charge is 0.311 e. The molecule has 6 atom stereocenters. The van der Waals surface area contributed by atoms with E-state index >= 15 is 0 Å². The summed E-state index contributed by atoms with van der Waals surface area (Å²) in [4.78, 5) is 44.4. The van der Waals surface area contributed by atoms with E-state index in [4.69, 9.17) is 18.9 Å². The normalized spacial score (nSPS) is 22.3. The second-order valence-corrected chi connectivity index (χ2v) is 15.7. The van der Waals surface area contributed by atoms with Crippen LogP contribution in [0.2, 0.25) is 0 Å². The van der Waals surface area contributed by atoms with Gasteiger partial charge in [-0.15, -0.1) is 0 Å². The van der Waals surface area contributed by atoms with Crippen molar-refractivity contribution < 1.29 is 38.4 Å². The Bertz CT molecular complexity index is 2080. The molecule has 2 unspecified atom stereocenters. The summed E-state index contributed by atoms with van der Waals surface area (Å²) < 4.78 is 24.2. The van der Waals surface area contributed by atoms with Crippen LogP contribution < -0.4 is 29.6 Å². The summed E-state index contributed by atoms with van der Waals surface area (Å²) in [5.41, 5.74) is 5.52. The second-order valence-electron chi connectivity index (χ2n) is 15.7. The predicted octanol–water partition coefficient (Wildman–Crippen LogP) is 5.26. The molecule has 13 heteroatoms. The van der Waals surface area contributed by atoms with Crippen LogP contribution in [0, 0.1) is 25.2 Å². The molecule has 7 rings (SSSR count). The van der Waals surface area contributed by atoms with Crippen LogP contribution in [0.4, 0.5) is 0 Å². The zero-order chi connectivity index (χ0) is 40.5. The van der Waals surface area contributed by atoms with Crippen molar-refractivity contribution in [2.45, 2.75) is 115 Å². The number of hydrogen-bond acceptors (Lipinski definition) is 11. The number of nitrogens with one attached hydrogen (secondary N) is 2. The minimum Gasteiger partial charge on any atom is -0.507 e. The number of unbranched alkanes of at least 4 members (excludes halogenated alkanes) is 2. The Kier molecular flexibility index (Phi) is 11.7. The summed E-state index contributed by atoms with van der Waals surface area (Å²) in [6, 6.07) is 11.2. The van der Waals surface area contributed by atoms with Crippen LogP contribution in [0.25, 0.3) is 0 Å². The summed E-state index contributed by atoms with van der Waals surface area (Å²) in [5, 5.41) is 28.8. The van der Waals surface area contributed by atoms with Gasteiger partial charge in [-0.2, -0.15) is 5.26 Å². The van der Waals surface area contributed by atoms with Gasteiger partial charge in [0.2, 0.25) is 18.6 Å². The number of ether oxygens (including phenoxy) is 4. The van der Waals surface area contributed by atoms with Crippen molar-refractivity contribution in [3.05, 3.63) is 75.3 Å². The first-order chi connectivity index (χ1) is 27.5. The first-order valence-corrected chi connectivity index (χ1v) is 20.0. The Labute approximate surface area is 334 Å². The number of methoxy groups -OCH3 is 1. The van der Waals surface area contributed by atoms with E-state index in [0.29, 0.717) is 65.4 Å². The van der Waals surface area contributed by atoms with Gasteiger partial charge in [-0.1, -0.05) is 56.2 Å². The number of carbonyl (C=O) groups excluding carboxylic acids is 3. The van der Waals surface area contributed by atoms with Gasteiger partial charge >= 0.3 is 5.97 Å². The monoisotopic (exact) mass is 779 g/mol. The van der Waals surface area contributed by atoms with Crippen LogP contribution in [-0.4, -0.2) is 84.4 Å². The second kappa shape index (κ2) is 16.6. The van der Waals surface area contributed by atoms with E-state index in [-0.39, 0.29) is 55.8 Å². The number of likely N-dealkylation sites (N-methyl/N-ethyl adjacent to an activating group) is 1. The molecular formula is C44H53N5O8. The van der Waals surface area contributed by atoms with Gasteiger partial charge in [-0.05, 0) is 70.2 Å². The predicted molar refractivity (Wildman–Crippen MR) is 211 cm³/mol. The van der Waals surface area contributed by atoms with Crippen LogP contribution in [0.3, 0.4) is 0 Å². The summed E-state index contributed by atoms with van der Waals surface area (Å²) in [7, 11) is 3.57. The van der Waals surface area contributed by atoms with E-state index in [1.807, 2.05) is 44.3 Å². The largest absolute Gasteiger partial charge is 0.507 e. The molecule has 0 aliphatic carbocycles. The number of benzene rings is 3. The van der Waals surface area contributed by atoms with Crippen LogP contribution in [0.15, 0.2) is 36.4 Å². The number of hydrogen-bond donors (Lipinski definition) is 3. The van der Waals surface area contributed by atoms with E-state index in [2.05, 4.69) is 39.5 Å². The van der Waals surface area contributed by atoms with Gasteiger partial charge < -0.3 is 34.7 Å². The van der Waals surface area contributed by atoms with E-state index in [1.54, 1.807) is 21.0 Å². The first-order valence-electron chi connectivity index (χ1n) is 20.0. The Morgan fingerprint density at radius 3 is 2.51 bits per heavy atom. The zero-order valence-corrected chi connectivity index (χ0v) is 33.6. The van der Waals surface area contributed by atoms with Crippen LogP contribution >= 0.6 is 0 Å². The van der Waals surface area contributed by atoms with Crippen molar-refractivity contribution in [3.63, 3.8) is 0 Å². The highest BCUT2D eigenvalue weighted by Gasteiger charge is 2.57. The fourth-order valence-corrected chi connectivity index (χ4v) is 9.44. The van der Waals surface area contributed by atoms with Crippen molar-refractivity contribution in [2.75, 3.05) is 27.5 Å². The molecule has 4 aliphatic heterocycles. The number of amides is 2. The lowest BCUT2D eigenvalue weighted by Crippen LogP contribution is -2.69. The molecule has 57 heavy (non-hydrogen) atoms. The maximum absolute atomic E-state index is 13.7. The van der Waals surface area contributed by atoms with E-state index in [1.165, 1.54) is 0 Å². The Morgan fingerprint density at radius 2 is 1.79 bits per heavy atom. The maximum Gasteiger partial charge on any atom is 0.311 e. The number of nitriles is 1. The Hall–Kier alpha value is -5.32. The molecular weight excluding hydrogens is 727 g/mol. The molecule has 0 spiro atoms. The van der Waals surface area contributed by atoms with Gasteiger partial charge in [0.25, 0.3) is 0 Å². The fraction of sp³-hybridized carbons (Fsp3) is 0.500. The quantitative estimate of drug-likeness (QED) is 0.118. The summed E-state index contributed by atoms with van der Waals surface area (Å²) in [5.74, 6) is 0.907. The molecule has 1 saturated heterocycles. The molecule has 302 valence electrons. The first kappa shape index (κ1) is 39.9. The van der Waals surface area contributed by atoms with Gasteiger partial charge in [0, 0.05) is 53.7 Å². The number of aryl methyl sites for hydroxylation is 2. The minimum absolute atomic E-state index is 0.0320. The van der Waals surface area contributed by atoms with E-state index < -0.39 is 30.2 Å². The standard InChI is InChI=1S/C44H53N5O8/c1-7-8-10-15-35(51)57-43-36-28(18-24(2)40(43)54-6)19-30-32(21-45)49-31(38(36)48(30)5)20-29-37(42-41(55-23-56-42)25(3)39(29)52)33(49)22-46-44(53)26(4)47-34(50)17-16-27-13-11-9-12-14-27/h9,11-14,18,26,30-33,38,52H,7-8,10,15-17,19-20,22-23H2,1-6H3,(H,46,53)(H,47,50)/t26?,30-,31?,32-,33-,38-/m0/s1. The molecule has 3 aromatic carbocycles. The molecule has 3 N–H and O–H groups in total.